The van der Waals surface area contributed by atoms with E-state index in [0.717, 1.165) is 5.56 Å². The number of fused-ring (bicyclic) bond motifs is 1. The predicted molar refractivity (Wildman–Crippen MR) is 92.1 cm³/mol. The first-order valence-electron chi connectivity index (χ1n) is 6.35. The third kappa shape index (κ3) is 2.60. The Kier molecular flexibility index (Phi) is 3.79. The number of aromatic nitrogens is 2. The summed E-state index contributed by atoms with van der Waals surface area (Å²) in [6.07, 6.45) is 0. The largest absolute Gasteiger partial charge is 0.369 e. The first-order chi connectivity index (χ1) is 9.97. The van der Waals surface area contributed by atoms with Crippen molar-refractivity contribution >= 4 is 51.2 Å². The van der Waals surface area contributed by atoms with Gasteiger partial charge in [0.15, 0.2) is 0 Å². The standard InChI is InChI=1S/C15H12ClFIN3/c1-8(9-2-4-10(16)5-3-9)21-14-6-11(17)12(18)7-13(14)20-15(21)19/h2-8H,1H3,(H2,19,20). The Labute approximate surface area is 140 Å². The van der Waals surface area contributed by atoms with Gasteiger partial charge < -0.3 is 10.3 Å². The molecule has 1 aromatic heterocycles. The molecule has 3 rings (SSSR count). The van der Waals surface area contributed by atoms with Crippen LogP contribution in [0.4, 0.5) is 10.3 Å². The molecule has 0 spiro atoms. The third-order valence-corrected chi connectivity index (χ3v) is 4.58. The van der Waals surface area contributed by atoms with Crippen molar-refractivity contribution in [1.82, 2.24) is 9.55 Å². The molecule has 0 saturated heterocycles. The summed E-state index contributed by atoms with van der Waals surface area (Å²) in [6.45, 7) is 2.00. The van der Waals surface area contributed by atoms with Crippen LogP contribution < -0.4 is 5.73 Å². The van der Waals surface area contributed by atoms with Gasteiger partial charge in [0.2, 0.25) is 5.95 Å². The molecule has 6 heteroatoms. The van der Waals surface area contributed by atoms with Crippen molar-refractivity contribution in [3.63, 3.8) is 0 Å². The van der Waals surface area contributed by atoms with E-state index in [1.54, 1.807) is 6.07 Å². The van der Waals surface area contributed by atoms with Crippen LogP contribution in [0.1, 0.15) is 18.5 Å². The lowest BCUT2D eigenvalue weighted by Crippen LogP contribution is -2.10. The Morgan fingerprint density at radius 3 is 2.62 bits per heavy atom. The van der Waals surface area contributed by atoms with Gasteiger partial charge in [0, 0.05) is 11.1 Å². The lowest BCUT2D eigenvalue weighted by atomic mass is 10.1. The van der Waals surface area contributed by atoms with Crippen molar-refractivity contribution in [3.8, 4) is 0 Å². The summed E-state index contributed by atoms with van der Waals surface area (Å²) in [6, 6.07) is 10.6. The fourth-order valence-corrected chi connectivity index (χ4v) is 2.98. The van der Waals surface area contributed by atoms with Gasteiger partial charge >= 0.3 is 0 Å². The number of rotatable bonds is 2. The summed E-state index contributed by atoms with van der Waals surface area (Å²) >= 11 is 7.86. The van der Waals surface area contributed by atoms with Crippen LogP contribution in [0.3, 0.4) is 0 Å². The molecule has 0 aliphatic heterocycles. The van der Waals surface area contributed by atoms with Crippen molar-refractivity contribution in [1.29, 1.82) is 0 Å². The van der Waals surface area contributed by atoms with Gasteiger partial charge in [-0.1, -0.05) is 23.7 Å². The van der Waals surface area contributed by atoms with Gasteiger partial charge in [-0.3, -0.25) is 0 Å². The maximum Gasteiger partial charge on any atom is 0.201 e. The summed E-state index contributed by atoms with van der Waals surface area (Å²) in [5.74, 6) is 0.0985. The zero-order valence-corrected chi connectivity index (χ0v) is 14.1. The Bertz CT molecular complexity index is 814. The highest BCUT2D eigenvalue weighted by molar-refractivity contribution is 14.1. The van der Waals surface area contributed by atoms with E-state index in [0.29, 0.717) is 25.6 Å². The number of nitrogens with two attached hydrogens (primary N) is 1. The average Bonchev–Trinajstić information content (AvgIpc) is 2.75. The Hall–Kier alpha value is -1.34. The molecular weight excluding hydrogens is 404 g/mol. The second-order valence-corrected chi connectivity index (χ2v) is 6.42. The highest BCUT2D eigenvalue weighted by Gasteiger charge is 2.17. The van der Waals surface area contributed by atoms with Gasteiger partial charge in [-0.15, -0.1) is 0 Å². The molecule has 21 heavy (non-hydrogen) atoms. The molecule has 1 atom stereocenters. The Balaban J connectivity index is 2.17. The fourth-order valence-electron chi connectivity index (χ4n) is 2.41. The van der Waals surface area contributed by atoms with Crippen LogP contribution >= 0.6 is 34.2 Å². The number of nitrogens with zero attached hydrogens (tertiary/aromatic N) is 2. The minimum Gasteiger partial charge on any atom is -0.369 e. The number of benzene rings is 2. The van der Waals surface area contributed by atoms with Crippen LogP contribution in [-0.4, -0.2) is 9.55 Å². The summed E-state index contributed by atoms with van der Waals surface area (Å²) < 4.78 is 16.2. The van der Waals surface area contributed by atoms with Crippen molar-refractivity contribution in [2.24, 2.45) is 0 Å². The minimum absolute atomic E-state index is 0.0632. The van der Waals surface area contributed by atoms with Crippen LogP contribution in [0.2, 0.25) is 5.02 Å². The van der Waals surface area contributed by atoms with Gasteiger partial charge in [-0.25, -0.2) is 9.37 Å². The van der Waals surface area contributed by atoms with Crippen LogP contribution in [-0.2, 0) is 0 Å². The summed E-state index contributed by atoms with van der Waals surface area (Å²) in [4.78, 5) is 4.32. The summed E-state index contributed by atoms with van der Waals surface area (Å²) in [5, 5.41) is 0.676. The van der Waals surface area contributed by atoms with Crippen molar-refractivity contribution < 1.29 is 4.39 Å². The SMILES string of the molecule is CC(c1ccc(Cl)cc1)n1c(N)nc2cc(I)c(F)cc21. The van der Waals surface area contributed by atoms with Crippen molar-refractivity contribution in [2.45, 2.75) is 13.0 Å². The smallest absolute Gasteiger partial charge is 0.201 e. The Morgan fingerprint density at radius 1 is 1.29 bits per heavy atom. The van der Waals surface area contributed by atoms with E-state index in [-0.39, 0.29) is 11.9 Å². The molecule has 0 radical (unpaired) electrons. The molecule has 0 saturated carbocycles. The highest BCUT2D eigenvalue weighted by atomic mass is 127. The topological polar surface area (TPSA) is 43.8 Å². The van der Waals surface area contributed by atoms with Crippen LogP contribution in [0.15, 0.2) is 36.4 Å². The third-order valence-electron chi connectivity index (χ3n) is 3.50. The van der Waals surface area contributed by atoms with Gasteiger partial charge in [0.05, 0.1) is 20.6 Å². The average molecular weight is 416 g/mol. The first-order valence-corrected chi connectivity index (χ1v) is 7.81. The second-order valence-electron chi connectivity index (χ2n) is 4.82. The van der Waals surface area contributed by atoms with E-state index in [1.807, 2.05) is 58.3 Å². The van der Waals surface area contributed by atoms with Gasteiger partial charge in [-0.2, -0.15) is 0 Å². The summed E-state index contributed by atoms with van der Waals surface area (Å²) in [5.41, 5.74) is 8.44. The number of halogens is 3. The van der Waals surface area contributed by atoms with Crippen LogP contribution in [0.25, 0.3) is 11.0 Å². The summed E-state index contributed by atoms with van der Waals surface area (Å²) in [7, 11) is 0. The van der Waals surface area contributed by atoms with Gasteiger partial charge in [0.25, 0.3) is 0 Å². The molecule has 2 aromatic carbocycles. The molecular formula is C15H12ClFIN3. The molecule has 3 aromatic rings. The number of hydrogen-bond acceptors (Lipinski definition) is 2. The van der Waals surface area contributed by atoms with Gasteiger partial charge in [0.1, 0.15) is 5.82 Å². The zero-order chi connectivity index (χ0) is 15.1. The highest BCUT2D eigenvalue weighted by Crippen LogP contribution is 2.29. The number of anilines is 1. The van der Waals surface area contributed by atoms with E-state index in [4.69, 9.17) is 17.3 Å². The van der Waals surface area contributed by atoms with E-state index in [1.165, 1.54) is 6.07 Å². The Morgan fingerprint density at radius 2 is 1.95 bits per heavy atom. The molecule has 0 aliphatic carbocycles. The fraction of sp³-hybridized carbons (Fsp3) is 0.133. The minimum atomic E-state index is -0.271. The number of imidazole rings is 1. The maximum atomic E-state index is 13.8. The molecule has 0 fully saturated rings. The van der Waals surface area contributed by atoms with E-state index < -0.39 is 0 Å². The molecule has 1 unspecified atom stereocenters. The molecule has 1 heterocycles. The second kappa shape index (κ2) is 5.46. The van der Waals surface area contributed by atoms with Crippen LogP contribution in [0.5, 0.6) is 0 Å². The molecule has 0 aliphatic rings. The zero-order valence-electron chi connectivity index (χ0n) is 11.1. The molecule has 0 bridgehead atoms. The molecule has 2 N–H and O–H groups in total. The van der Waals surface area contributed by atoms with Crippen LogP contribution in [0, 0.1) is 9.39 Å². The number of nitrogen functional groups attached to an aromatic ring is 1. The van der Waals surface area contributed by atoms with E-state index >= 15 is 0 Å². The van der Waals surface area contributed by atoms with E-state index in [2.05, 4.69) is 4.98 Å². The maximum absolute atomic E-state index is 13.8. The molecule has 0 amide bonds. The van der Waals surface area contributed by atoms with E-state index in [9.17, 15) is 4.39 Å². The van der Waals surface area contributed by atoms with Gasteiger partial charge in [-0.05, 0) is 53.3 Å². The lowest BCUT2D eigenvalue weighted by Gasteiger charge is -2.16. The molecule has 3 nitrogen and oxygen atoms in total. The normalized spacial score (nSPS) is 12.8. The number of hydrogen-bond donors (Lipinski definition) is 1. The first kappa shape index (κ1) is 14.6. The molecule has 108 valence electrons. The van der Waals surface area contributed by atoms with Crippen molar-refractivity contribution in [3.05, 3.63) is 56.4 Å². The lowest BCUT2D eigenvalue weighted by molar-refractivity contribution is 0.618. The van der Waals surface area contributed by atoms with Crippen molar-refractivity contribution in [2.75, 3.05) is 5.73 Å². The predicted octanol–water partition coefficient (Wildman–Crippen LogP) is 4.62. The monoisotopic (exact) mass is 415 g/mol. The quantitative estimate of drug-likeness (QED) is 0.621.